The summed E-state index contributed by atoms with van der Waals surface area (Å²) in [5, 5.41) is 0. The molecule has 1 aromatic rings. The number of rotatable bonds is 6. The fourth-order valence-corrected chi connectivity index (χ4v) is 2.34. The first-order valence-electron chi connectivity index (χ1n) is 6.74. The Labute approximate surface area is 111 Å². The second-order valence-electron chi connectivity index (χ2n) is 5.68. The molecule has 100 valence electrons. The van der Waals surface area contributed by atoms with Crippen molar-refractivity contribution in [3.63, 3.8) is 0 Å². The van der Waals surface area contributed by atoms with E-state index in [4.69, 9.17) is 5.73 Å². The summed E-state index contributed by atoms with van der Waals surface area (Å²) < 4.78 is 0. The summed E-state index contributed by atoms with van der Waals surface area (Å²) in [6.07, 6.45) is 1.59. The Kier molecular flexibility index (Phi) is 5.54. The number of ketones is 1. The largest absolute Gasteiger partial charge is 0.330 e. The highest BCUT2D eigenvalue weighted by atomic mass is 16.1. The Morgan fingerprint density at radius 3 is 2.50 bits per heavy atom. The third kappa shape index (κ3) is 4.26. The van der Waals surface area contributed by atoms with Crippen LogP contribution in [0.1, 0.15) is 48.2 Å². The van der Waals surface area contributed by atoms with Gasteiger partial charge in [0, 0.05) is 12.0 Å². The third-order valence-electron chi connectivity index (χ3n) is 3.31. The summed E-state index contributed by atoms with van der Waals surface area (Å²) in [5.41, 5.74) is 8.82. The minimum absolute atomic E-state index is 0.229. The number of hydrogen-bond donors (Lipinski definition) is 1. The zero-order chi connectivity index (χ0) is 13.7. The van der Waals surface area contributed by atoms with Crippen molar-refractivity contribution in [3.05, 3.63) is 34.9 Å². The van der Waals surface area contributed by atoms with Crippen LogP contribution in [0.3, 0.4) is 0 Å². The standard InChI is InChI=1S/C16H25NO/c1-11(2)7-14(10-17)9-16(18)15-8-12(3)5-6-13(15)4/h5-6,8,11,14H,7,9-10,17H2,1-4H3. The fourth-order valence-electron chi connectivity index (χ4n) is 2.34. The molecule has 1 rings (SSSR count). The van der Waals surface area contributed by atoms with E-state index in [0.717, 1.165) is 23.1 Å². The molecule has 0 bridgehead atoms. The Hall–Kier alpha value is -1.15. The van der Waals surface area contributed by atoms with Gasteiger partial charge in [0.1, 0.15) is 0 Å². The monoisotopic (exact) mass is 247 g/mol. The topological polar surface area (TPSA) is 43.1 Å². The smallest absolute Gasteiger partial charge is 0.163 e. The number of hydrogen-bond acceptors (Lipinski definition) is 2. The first kappa shape index (κ1) is 14.9. The Morgan fingerprint density at radius 1 is 1.28 bits per heavy atom. The van der Waals surface area contributed by atoms with Crippen molar-refractivity contribution in [2.75, 3.05) is 6.54 Å². The van der Waals surface area contributed by atoms with Crippen molar-refractivity contribution in [2.24, 2.45) is 17.6 Å². The zero-order valence-electron chi connectivity index (χ0n) is 12.0. The lowest BCUT2D eigenvalue weighted by atomic mass is 9.89. The normalized spacial score (nSPS) is 12.8. The van der Waals surface area contributed by atoms with E-state index in [1.807, 2.05) is 32.0 Å². The number of carbonyl (C=O) groups excluding carboxylic acids is 1. The van der Waals surface area contributed by atoms with Crippen molar-refractivity contribution in [3.8, 4) is 0 Å². The average molecular weight is 247 g/mol. The van der Waals surface area contributed by atoms with Crippen LogP contribution in [0.15, 0.2) is 18.2 Å². The predicted octanol–water partition coefficient (Wildman–Crippen LogP) is 3.50. The first-order valence-corrected chi connectivity index (χ1v) is 6.74. The van der Waals surface area contributed by atoms with E-state index in [1.54, 1.807) is 0 Å². The van der Waals surface area contributed by atoms with E-state index in [1.165, 1.54) is 0 Å². The number of nitrogens with two attached hydrogens (primary N) is 1. The van der Waals surface area contributed by atoms with Gasteiger partial charge in [-0.25, -0.2) is 0 Å². The molecule has 0 aliphatic carbocycles. The molecule has 0 aromatic heterocycles. The maximum absolute atomic E-state index is 12.3. The summed E-state index contributed by atoms with van der Waals surface area (Å²) in [6.45, 7) is 8.95. The van der Waals surface area contributed by atoms with Crippen LogP contribution < -0.4 is 5.73 Å². The minimum Gasteiger partial charge on any atom is -0.330 e. The van der Waals surface area contributed by atoms with Crippen molar-refractivity contribution >= 4 is 5.78 Å². The fraction of sp³-hybridized carbons (Fsp3) is 0.562. The van der Waals surface area contributed by atoms with Gasteiger partial charge in [-0.1, -0.05) is 31.5 Å². The van der Waals surface area contributed by atoms with Crippen LogP contribution in [0.5, 0.6) is 0 Å². The lowest BCUT2D eigenvalue weighted by molar-refractivity contribution is 0.0956. The third-order valence-corrected chi connectivity index (χ3v) is 3.31. The van der Waals surface area contributed by atoms with Gasteiger partial charge in [-0.2, -0.15) is 0 Å². The van der Waals surface area contributed by atoms with Gasteiger partial charge in [0.2, 0.25) is 0 Å². The van der Waals surface area contributed by atoms with Crippen LogP contribution in [0.2, 0.25) is 0 Å². The summed E-state index contributed by atoms with van der Waals surface area (Å²) in [6, 6.07) is 6.05. The molecule has 0 fully saturated rings. The second-order valence-corrected chi connectivity index (χ2v) is 5.68. The summed E-state index contributed by atoms with van der Waals surface area (Å²) in [4.78, 5) is 12.3. The van der Waals surface area contributed by atoms with Crippen molar-refractivity contribution in [2.45, 2.75) is 40.5 Å². The van der Waals surface area contributed by atoms with Crippen LogP contribution in [-0.2, 0) is 0 Å². The molecule has 0 amide bonds. The SMILES string of the molecule is Cc1ccc(C)c(C(=O)CC(CN)CC(C)C)c1. The molecule has 1 unspecified atom stereocenters. The van der Waals surface area contributed by atoms with Crippen LogP contribution in [0, 0.1) is 25.7 Å². The molecule has 0 radical (unpaired) electrons. The highest BCUT2D eigenvalue weighted by Crippen LogP contribution is 2.19. The van der Waals surface area contributed by atoms with E-state index >= 15 is 0 Å². The summed E-state index contributed by atoms with van der Waals surface area (Å²) >= 11 is 0. The van der Waals surface area contributed by atoms with Gasteiger partial charge in [0.25, 0.3) is 0 Å². The highest BCUT2D eigenvalue weighted by molar-refractivity contribution is 5.97. The van der Waals surface area contributed by atoms with Crippen LogP contribution in [0.25, 0.3) is 0 Å². The van der Waals surface area contributed by atoms with E-state index in [-0.39, 0.29) is 5.78 Å². The minimum atomic E-state index is 0.229. The van der Waals surface area contributed by atoms with Gasteiger partial charge in [-0.15, -0.1) is 0 Å². The Bertz CT molecular complexity index is 410. The van der Waals surface area contributed by atoms with Crippen molar-refractivity contribution in [1.82, 2.24) is 0 Å². The number of carbonyl (C=O) groups is 1. The lowest BCUT2D eigenvalue weighted by Crippen LogP contribution is -2.20. The highest BCUT2D eigenvalue weighted by Gasteiger charge is 2.16. The van der Waals surface area contributed by atoms with E-state index < -0.39 is 0 Å². The maximum Gasteiger partial charge on any atom is 0.163 e. The molecule has 2 heteroatoms. The quantitative estimate of drug-likeness (QED) is 0.782. The van der Waals surface area contributed by atoms with Gasteiger partial charge < -0.3 is 5.73 Å². The molecule has 0 saturated heterocycles. The zero-order valence-corrected chi connectivity index (χ0v) is 12.0. The van der Waals surface area contributed by atoms with Crippen LogP contribution >= 0.6 is 0 Å². The number of Topliss-reactive ketones (excluding diaryl/α,β-unsaturated/α-hetero) is 1. The van der Waals surface area contributed by atoms with E-state index in [0.29, 0.717) is 24.8 Å². The van der Waals surface area contributed by atoms with Gasteiger partial charge in [-0.05, 0) is 50.3 Å². The molecular weight excluding hydrogens is 222 g/mol. The first-order chi connectivity index (χ1) is 8.43. The molecule has 0 heterocycles. The Morgan fingerprint density at radius 2 is 1.94 bits per heavy atom. The Balaban J connectivity index is 2.77. The molecule has 0 aliphatic rings. The lowest BCUT2D eigenvalue weighted by Gasteiger charge is -2.17. The van der Waals surface area contributed by atoms with Crippen LogP contribution in [-0.4, -0.2) is 12.3 Å². The van der Waals surface area contributed by atoms with Gasteiger partial charge >= 0.3 is 0 Å². The molecule has 18 heavy (non-hydrogen) atoms. The summed E-state index contributed by atoms with van der Waals surface area (Å²) in [7, 11) is 0. The number of aryl methyl sites for hydroxylation is 2. The molecule has 2 N–H and O–H groups in total. The molecule has 0 spiro atoms. The average Bonchev–Trinajstić information content (AvgIpc) is 2.30. The van der Waals surface area contributed by atoms with Crippen molar-refractivity contribution < 1.29 is 4.79 Å². The maximum atomic E-state index is 12.3. The predicted molar refractivity (Wildman–Crippen MR) is 76.9 cm³/mol. The van der Waals surface area contributed by atoms with E-state index in [2.05, 4.69) is 13.8 Å². The van der Waals surface area contributed by atoms with Crippen LogP contribution in [0.4, 0.5) is 0 Å². The van der Waals surface area contributed by atoms with Gasteiger partial charge in [0.15, 0.2) is 5.78 Å². The van der Waals surface area contributed by atoms with Gasteiger partial charge in [-0.3, -0.25) is 4.79 Å². The molecular formula is C16H25NO. The number of benzene rings is 1. The summed E-state index contributed by atoms with van der Waals surface area (Å²) in [5.74, 6) is 1.12. The molecule has 0 aliphatic heterocycles. The molecule has 1 aromatic carbocycles. The second kappa shape index (κ2) is 6.69. The molecule has 0 saturated carbocycles. The molecule has 2 nitrogen and oxygen atoms in total. The van der Waals surface area contributed by atoms with E-state index in [9.17, 15) is 4.79 Å². The molecule has 1 atom stereocenters. The van der Waals surface area contributed by atoms with Crippen molar-refractivity contribution in [1.29, 1.82) is 0 Å². The van der Waals surface area contributed by atoms with Gasteiger partial charge in [0.05, 0.1) is 0 Å².